The summed E-state index contributed by atoms with van der Waals surface area (Å²) < 4.78 is 13.9. The van der Waals surface area contributed by atoms with Gasteiger partial charge in [-0.1, -0.05) is 71.8 Å². The van der Waals surface area contributed by atoms with Crippen LogP contribution in [0.15, 0.2) is 121 Å². The summed E-state index contributed by atoms with van der Waals surface area (Å²) in [6.45, 7) is 0. The third-order valence-corrected chi connectivity index (χ3v) is 12.1. The van der Waals surface area contributed by atoms with E-state index in [1.807, 2.05) is 24.3 Å². The monoisotopic (exact) mass is 756 g/mol. The van der Waals surface area contributed by atoms with E-state index in [0.717, 1.165) is 15.3 Å². The van der Waals surface area contributed by atoms with Gasteiger partial charge in [-0.05, 0) is 78.2 Å². The summed E-state index contributed by atoms with van der Waals surface area (Å²) in [5, 5.41) is 26.1. The van der Waals surface area contributed by atoms with Gasteiger partial charge in [0.15, 0.2) is 0 Å². The molecule has 2 N–H and O–H groups in total. The molecule has 0 spiro atoms. The number of nitro groups is 1. The number of phenols is 1. The van der Waals surface area contributed by atoms with Crippen LogP contribution in [0.4, 0.5) is 21.5 Å². The van der Waals surface area contributed by atoms with Gasteiger partial charge in [0.1, 0.15) is 11.6 Å². The first-order valence-corrected chi connectivity index (χ1v) is 18.1. The fourth-order valence-corrected chi connectivity index (χ4v) is 9.61. The Bertz CT molecular complexity index is 2510. The van der Waals surface area contributed by atoms with Gasteiger partial charge in [-0.15, -0.1) is 0 Å². The zero-order chi connectivity index (χ0) is 38.3. The average molecular weight is 757 g/mol. The number of fused-ring (bicyclic) bond motifs is 5. The smallest absolute Gasteiger partial charge is 0.269 e. The van der Waals surface area contributed by atoms with Crippen LogP contribution >= 0.6 is 11.6 Å². The Labute approximate surface area is 317 Å². The third kappa shape index (κ3) is 5.01. The molecule has 13 heteroatoms. The van der Waals surface area contributed by atoms with E-state index in [9.17, 15) is 34.0 Å². The van der Waals surface area contributed by atoms with Crippen molar-refractivity contribution in [1.82, 2.24) is 5.01 Å². The second-order valence-corrected chi connectivity index (χ2v) is 14.8. The predicted molar refractivity (Wildman–Crippen MR) is 200 cm³/mol. The molecule has 55 heavy (non-hydrogen) atoms. The quantitative estimate of drug-likeness (QED) is 0.0786. The van der Waals surface area contributed by atoms with Crippen LogP contribution in [0.25, 0.3) is 10.8 Å². The Balaban J connectivity index is 1.25. The van der Waals surface area contributed by atoms with E-state index in [4.69, 9.17) is 11.6 Å². The number of hydrazine groups is 1. The van der Waals surface area contributed by atoms with Gasteiger partial charge in [0.2, 0.25) is 11.8 Å². The molecule has 1 saturated carbocycles. The van der Waals surface area contributed by atoms with Crippen molar-refractivity contribution < 1.29 is 33.6 Å². The highest BCUT2D eigenvalue weighted by atomic mass is 35.5. The van der Waals surface area contributed by atoms with E-state index in [0.29, 0.717) is 27.1 Å². The zero-order valence-corrected chi connectivity index (χ0v) is 29.5. The largest absolute Gasteiger partial charge is 0.507 e. The molecule has 5 aromatic rings. The van der Waals surface area contributed by atoms with Crippen molar-refractivity contribution in [1.29, 1.82) is 0 Å². The fraction of sp³-hybridized carbons (Fsp3) is 0.190. The number of aromatic hydroxyl groups is 1. The predicted octanol–water partition coefficient (Wildman–Crippen LogP) is 7.44. The highest BCUT2D eigenvalue weighted by molar-refractivity contribution is 6.30. The van der Waals surface area contributed by atoms with Crippen molar-refractivity contribution >= 4 is 63.1 Å². The first kappa shape index (κ1) is 34.4. The van der Waals surface area contributed by atoms with Crippen LogP contribution in [0.1, 0.15) is 29.9 Å². The summed E-state index contributed by atoms with van der Waals surface area (Å²) in [6, 6.07) is 27.8. The normalized spacial score (nSPS) is 25.8. The number of hydrogen-bond donors (Lipinski definition) is 2. The summed E-state index contributed by atoms with van der Waals surface area (Å²) in [5.74, 6) is -7.36. The van der Waals surface area contributed by atoms with Gasteiger partial charge in [-0.2, -0.15) is 5.01 Å². The van der Waals surface area contributed by atoms with Crippen LogP contribution in [0.3, 0.4) is 0 Å². The van der Waals surface area contributed by atoms with Crippen LogP contribution < -0.4 is 10.3 Å². The minimum atomic E-state index is -1.67. The number of nitro benzene ring substituents is 1. The molecular weight excluding hydrogens is 727 g/mol. The number of carbonyl (C=O) groups is 4. The highest BCUT2D eigenvalue weighted by Crippen LogP contribution is 2.65. The van der Waals surface area contributed by atoms with E-state index in [-0.39, 0.29) is 35.7 Å². The Kier molecular flexibility index (Phi) is 7.87. The first-order valence-electron chi connectivity index (χ1n) is 17.7. The van der Waals surface area contributed by atoms with E-state index in [1.54, 1.807) is 42.5 Å². The summed E-state index contributed by atoms with van der Waals surface area (Å²) >= 11 is 6.37. The van der Waals surface area contributed by atoms with Crippen molar-refractivity contribution in [2.75, 3.05) is 10.3 Å². The molecule has 2 aliphatic heterocycles. The van der Waals surface area contributed by atoms with E-state index < -0.39 is 69.4 Å². The molecule has 9 rings (SSSR count). The summed E-state index contributed by atoms with van der Waals surface area (Å²) in [5.41, 5.74) is 2.97. The molecule has 0 aromatic heterocycles. The Morgan fingerprint density at radius 1 is 0.836 bits per heavy atom. The van der Waals surface area contributed by atoms with E-state index >= 15 is 4.79 Å². The highest BCUT2D eigenvalue weighted by Gasteiger charge is 2.70. The van der Waals surface area contributed by atoms with Crippen molar-refractivity contribution in [2.45, 2.75) is 24.2 Å². The number of allylic oxidation sites excluding steroid dienone is 2. The summed E-state index contributed by atoms with van der Waals surface area (Å²) in [6.07, 6.45) is 2.01. The van der Waals surface area contributed by atoms with Gasteiger partial charge in [-0.25, -0.2) is 4.39 Å². The molecule has 6 atom stereocenters. The van der Waals surface area contributed by atoms with Crippen molar-refractivity contribution in [2.24, 2.45) is 23.7 Å². The topological polar surface area (TPSA) is 150 Å². The number of rotatable bonds is 6. The number of benzene rings is 5. The molecule has 11 nitrogen and oxygen atoms in total. The number of halogens is 2. The molecule has 0 radical (unpaired) electrons. The molecule has 2 saturated heterocycles. The minimum absolute atomic E-state index is 0.000236. The maximum Gasteiger partial charge on any atom is 0.269 e. The molecule has 4 amide bonds. The maximum atomic E-state index is 15.4. The van der Waals surface area contributed by atoms with Gasteiger partial charge in [-0.3, -0.25) is 39.6 Å². The molecule has 4 aliphatic rings. The third-order valence-electron chi connectivity index (χ3n) is 11.8. The molecule has 2 aliphatic carbocycles. The molecule has 6 unspecified atom stereocenters. The minimum Gasteiger partial charge on any atom is -0.507 e. The number of nitrogens with zero attached hydrogens (tertiary/aromatic N) is 3. The molecular formula is C42H30ClFN4O7. The Morgan fingerprint density at radius 2 is 1.55 bits per heavy atom. The number of imide groups is 2. The molecule has 0 bridgehead atoms. The van der Waals surface area contributed by atoms with Crippen LogP contribution in [0.2, 0.25) is 5.02 Å². The van der Waals surface area contributed by atoms with Gasteiger partial charge in [0, 0.05) is 34.0 Å². The fourth-order valence-electron chi connectivity index (χ4n) is 9.48. The van der Waals surface area contributed by atoms with E-state index in [2.05, 4.69) is 5.43 Å². The maximum absolute atomic E-state index is 15.4. The van der Waals surface area contributed by atoms with Crippen molar-refractivity contribution in [3.05, 3.63) is 153 Å². The lowest BCUT2D eigenvalue weighted by Crippen LogP contribution is -2.53. The van der Waals surface area contributed by atoms with Gasteiger partial charge >= 0.3 is 0 Å². The second-order valence-electron chi connectivity index (χ2n) is 14.4. The van der Waals surface area contributed by atoms with Crippen molar-refractivity contribution in [3.8, 4) is 5.75 Å². The standard InChI is InChI=1S/C42H30ClFN4O7/c43-24-8-6-23(7-9-24)42-34(39(51)47(41(42)53)45-26-12-10-25(44)11-13-26)21-33-30(36(42)32-18-5-22-3-1-2-4-29(22)37(32)49)19-20-31-35(33)40(52)46(38(31)50)27-14-16-28(17-15-27)48(54)55/h1-19,31,33-36,45,49H,20-21H2. The van der Waals surface area contributed by atoms with E-state index in [1.165, 1.54) is 48.5 Å². The number of non-ortho nitro benzene ring substituents is 1. The van der Waals surface area contributed by atoms with Crippen LogP contribution in [-0.4, -0.2) is 38.7 Å². The molecule has 3 fully saturated rings. The summed E-state index contributed by atoms with van der Waals surface area (Å²) in [4.78, 5) is 70.7. The number of hydrogen-bond acceptors (Lipinski definition) is 8. The summed E-state index contributed by atoms with van der Waals surface area (Å²) in [7, 11) is 0. The number of anilines is 2. The zero-order valence-electron chi connectivity index (χ0n) is 28.8. The average Bonchev–Trinajstić information content (AvgIpc) is 3.57. The lowest BCUT2D eigenvalue weighted by Gasteiger charge is -2.50. The second kappa shape index (κ2) is 12.6. The number of amides is 4. The van der Waals surface area contributed by atoms with Gasteiger partial charge in [0.05, 0.1) is 39.5 Å². The SMILES string of the molecule is O=C1C2CC3C(=CCC4C(=O)N(c5ccc([N+](=O)[O-])cc5)C(=O)C43)C(c3ccc4ccccc4c3O)C2(c2ccc(Cl)cc2)C(=O)N1Nc1ccc(F)cc1. The van der Waals surface area contributed by atoms with Crippen molar-refractivity contribution in [3.63, 3.8) is 0 Å². The lowest BCUT2D eigenvalue weighted by molar-refractivity contribution is -0.384. The van der Waals surface area contributed by atoms with Crippen LogP contribution in [0.5, 0.6) is 5.75 Å². The number of phenolic OH excluding ortho intramolecular Hbond substituents is 1. The lowest BCUT2D eigenvalue weighted by atomic mass is 9.49. The Hall–Kier alpha value is -6.40. The number of nitrogens with one attached hydrogen (secondary N) is 1. The molecule has 2 heterocycles. The van der Waals surface area contributed by atoms with Crippen LogP contribution in [0, 0.1) is 39.6 Å². The molecule has 274 valence electrons. The Morgan fingerprint density at radius 3 is 2.25 bits per heavy atom. The van der Waals surface area contributed by atoms with Gasteiger partial charge < -0.3 is 5.11 Å². The van der Waals surface area contributed by atoms with Crippen LogP contribution in [-0.2, 0) is 24.6 Å². The molecule has 5 aromatic carbocycles. The first-order chi connectivity index (χ1) is 26.5. The number of carbonyl (C=O) groups excluding carboxylic acids is 4. The van der Waals surface area contributed by atoms with Gasteiger partial charge in [0.25, 0.3) is 17.5 Å².